The molecule has 0 saturated carbocycles. The molecule has 0 N–H and O–H groups in total. The molecule has 158 valence electrons. The summed E-state index contributed by atoms with van der Waals surface area (Å²) in [5.41, 5.74) is 1.95. The van der Waals surface area contributed by atoms with E-state index in [-0.39, 0.29) is 17.2 Å². The molecule has 1 atom stereocenters. The lowest BCUT2D eigenvalue weighted by Crippen LogP contribution is -2.39. The van der Waals surface area contributed by atoms with Gasteiger partial charge in [0.1, 0.15) is 5.65 Å². The molecule has 1 aliphatic heterocycles. The number of hydrogen-bond acceptors (Lipinski definition) is 6. The number of methoxy groups -OCH3 is 1. The Kier molecular flexibility index (Phi) is 6.06. The maximum Gasteiger partial charge on any atom is 0.332 e. The molecule has 30 heavy (non-hydrogen) atoms. The molecular formula is C22H27N5O3. The van der Waals surface area contributed by atoms with E-state index in [1.165, 1.54) is 12.6 Å². The minimum Gasteiger partial charge on any atom is -0.383 e. The van der Waals surface area contributed by atoms with Gasteiger partial charge in [0.2, 0.25) is 0 Å². The lowest BCUT2D eigenvalue weighted by molar-refractivity contribution is 0.186. The van der Waals surface area contributed by atoms with Crippen molar-refractivity contribution < 1.29 is 4.74 Å². The monoisotopic (exact) mass is 409 g/mol. The number of rotatable bonds is 6. The van der Waals surface area contributed by atoms with Crippen molar-refractivity contribution in [2.24, 2.45) is 7.05 Å². The minimum atomic E-state index is -0.364. The molecule has 0 aromatic carbocycles. The summed E-state index contributed by atoms with van der Waals surface area (Å²) >= 11 is 0. The maximum atomic E-state index is 12.7. The molecule has 3 aromatic heterocycles. The Balaban J connectivity index is 1.66. The number of fused-ring (bicyclic) bond motifs is 1. The highest BCUT2D eigenvalue weighted by Gasteiger charge is 2.23. The number of aromatic nitrogens is 4. The zero-order valence-corrected chi connectivity index (χ0v) is 17.5. The van der Waals surface area contributed by atoms with Crippen molar-refractivity contribution in [3.63, 3.8) is 0 Å². The molecule has 4 rings (SSSR count). The van der Waals surface area contributed by atoms with E-state index >= 15 is 0 Å². The Morgan fingerprint density at radius 3 is 2.73 bits per heavy atom. The van der Waals surface area contributed by atoms with Crippen LogP contribution < -0.4 is 11.2 Å². The molecule has 0 spiro atoms. The van der Waals surface area contributed by atoms with Crippen LogP contribution in [0.25, 0.3) is 11.0 Å². The fourth-order valence-electron chi connectivity index (χ4n) is 4.17. The van der Waals surface area contributed by atoms with E-state index in [1.807, 2.05) is 36.7 Å². The number of ether oxygens (including phenoxy) is 1. The molecule has 0 amide bonds. The fourth-order valence-corrected chi connectivity index (χ4v) is 4.17. The SMILES string of the molecule is COCCn1c(=O)n(C)c(=O)c2ccc([C@@H]3CCCN(Cc4ccncc4)C3)nc21. The average molecular weight is 409 g/mol. The third-order valence-corrected chi connectivity index (χ3v) is 5.80. The molecule has 0 unspecified atom stereocenters. The minimum absolute atomic E-state index is 0.264. The second kappa shape index (κ2) is 8.89. The van der Waals surface area contributed by atoms with Gasteiger partial charge < -0.3 is 4.74 Å². The average Bonchev–Trinajstić information content (AvgIpc) is 2.78. The van der Waals surface area contributed by atoms with Crippen molar-refractivity contribution in [2.75, 3.05) is 26.8 Å². The van der Waals surface area contributed by atoms with Crippen molar-refractivity contribution in [1.82, 2.24) is 24.0 Å². The summed E-state index contributed by atoms with van der Waals surface area (Å²) in [6, 6.07) is 7.84. The highest BCUT2D eigenvalue weighted by Crippen LogP contribution is 2.27. The van der Waals surface area contributed by atoms with Gasteiger partial charge in [-0.25, -0.2) is 9.78 Å². The largest absolute Gasteiger partial charge is 0.383 e. The molecule has 1 saturated heterocycles. The van der Waals surface area contributed by atoms with E-state index in [0.29, 0.717) is 24.2 Å². The van der Waals surface area contributed by atoms with E-state index in [2.05, 4.69) is 9.88 Å². The van der Waals surface area contributed by atoms with Gasteiger partial charge in [0.25, 0.3) is 5.56 Å². The fraction of sp³-hybridized carbons (Fsp3) is 0.455. The molecular weight excluding hydrogens is 382 g/mol. The second-order valence-corrected chi connectivity index (χ2v) is 7.83. The Bertz CT molecular complexity index is 1140. The van der Waals surface area contributed by atoms with Crippen molar-refractivity contribution in [3.8, 4) is 0 Å². The molecule has 3 aromatic rings. The summed E-state index contributed by atoms with van der Waals surface area (Å²) in [6.07, 6.45) is 5.77. The first kappa shape index (κ1) is 20.4. The number of piperidine rings is 1. The first-order valence-electron chi connectivity index (χ1n) is 10.3. The molecule has 8 heteroatoms. The molecule has 0 radical (unpaired) electrons. The van der Waals surface area contributed by atoms with E-state index < -0.39 is 0 Å². The Labute approximate surface area is 174 Å². The lowest BCUT2D eigenvalue weighted by Gasteiger charge is -2.32. The van der Waals surface area contributed by atoms with Crippen LogP contribution in [-0.4, -0.2) is 50.8 Å². The standard InChI is InChI=1S/C22H27N5O3/c1-25-21(28)18-5-6-19(24-20(18)27(22(25)29)12-13-30-2)17-4-3-11-26(15-17)14-16-7-9-23-10-8-16/h5-10,17H,3-4,11-15H2,1-2H3/t17-/m1/s1. The second-order valence-electron chi connectivity index (χ2n) is 7.83. The van der Waals surface area contributed by atoms with Gasteiger partial charge in [-0.05, 0) is 49.2 Å². The van der Waals surface area contributed by atoms with Crippen molar-refractivity contribution in [3.05, 3.63) is 68.8 Å². The van der Waals surface area contributed by atoms with Crippen LogP contribution in [-0.2, 0) is 24.9 Å². The number of nitrogens with zero attached hydrogens (tertiary/aromatic N) is 5. The molecule has 1 aliphatic rings. The number of likely N-dealkylation sites (tertiary alicyclic amines) is 1. The van der Waals surface area contributed by atoms with Gasteiger partial charge >= 0.3 is 5.69 Å². The Morgan fingerprint density at radius 1 is 1.17 bits per heavy atom. The van der Waals surface area contributed by atoms with E-state index in [9.17, 15) is 9.59 Å². The normalized spacial score (nSPS) is 17.5. The quantitative estimate of drug-likeness (QED) is 0.614. The van der Waals surface area contributed by atoms with Gasteiger partial charge in [-0.15, -0.1) is 0 Å². The van der Waals surface area contributed by atoms with Crippen molar-refractivity contribution in [1.29, 1.82) is 0 Å². The van der Waals surface area contributed by atoms with Crippen LogP contribution in [0.2, 0.25) is 0 Å². The topological polar surface area (TPSA) is 82.2 Å². The number of hydrogen-bond donors (Lipinski definition) is 0. The zero-order chi connectivity index (χ0) is 21.1. The van der Waals surface area contributed by atoms with Crippen LogP contribution in [0.15, 0.2) is 46.2 Å². The molecule has 1 fully saturated rings. The van der Waals surface area contributed by atoms with Crippen LogP contribution in [0.3, 0.4) is 0 Å². The summed E-state index contributed by atoms with van der Waals surface area (Å²) < 4.78 is 7.83. The molecule has 8 nitrogen and oxygen atoms in total. The van der Waals surface area contributed by atoms with Gasteiger partial charge in [-0.3, -0.25) is 23.8 Å². The highest BCUT2D eigenvalue weighted by atomic mass is 16.5. The van der Waals surface area contributed by atoms with Gasteiger partial charge in [-0.1, -0.05) is 0 Å². The van der Waals surface area contributed by atoms with Gasteiger partial charge in [-0.2, -0.15) is 0 Å². The van der Waals surface area contributed by atoms with Crippen molar-refractivity contribution in [2.45, 2.75) is 31.8 Å². The third kappa shape index (κ3) is 4.06. The predicted octanol–water partition coefficient (Wildman–Crippen LogP) is 1.52. The molecule has 4 heterocycles. The van der Waals surface area contributed by atoms with Gasteiger partial charge in [0, 0.05) is 51.3 Å². The zero-order valence-electron chi connectivity index (χ0n) is 17.5. The summed E-state index contributed by atoms with van der Waals surface area (Å²) in [5.74, 6) is 0.264. The van der Waals surface area contributed by atoms with Crippen LogP contribution in [0.1, 0.15) is 30.0 Å². The van der Waals surface area contributed by atoms with Crippen LogP contribution >= 0.6 is 0 Å². The lowest BCUT2D eigenvalue weighted by atomic mass is 9.93. The first-order valence-corrected chi connectivity index (χ1v) is 10.3. The van der Waals surface area contributed by atoms with Crippen LogP contribution in [0.5, 0.6) is 0 Å². The van der Waals surface area contributed by atoms with Gasteiger partial charge in [0.15, 0.2) is 0 Å². The first-order chi connectivity index (χ1) is 14.6. The third-order valence-electron chi connectivity index (χ3n) is 5.80. The maximum absolute atomic E-state index is 12.7. The van der Waals surface area contributed by atoms with E-state index in [1.54, 1.807) is 11.7 Å². The summed E-state index contributed by atoms with van der Waals surface area (Å²) in [4.78, 5) is 36.6. The van der Waals surface area contributed by atoms with Gasteiger partial charge in [0.05, 0.1) is 18.5 Å². The highest BCUT2D eigenvalue weighted by molar-refractivity contribution is 5.74. The smallest absolute Gasteiger partial charge is 0.332 e. The Hall–Kier alpha value is -2.84. The van der Waals surface area contributed by atoms with Crippen LogP contribution in [0, 0.1) is 0 Å². The number of pyridine rings is 2. The Morgan fingerprint density at radius 2 is 1.97 bits per heavy atom. The summed E-state index contributed by atoms with van der Waals surface area (Å²) in [5, 5.41) is 0.460. The molecule has 0 aliphatic carbocycles. The molecule has 0 bridgehead atoms. The van der Waals surface area contributed by atoms with E-state index in [4.69, 9.17) is 9.72 Å². The van der Waals surface area contributed by atoms with Crippen molar-refractivity contribution >= 4 is 11.0 Å². The predicted molar refractivity (Wildman–Crippen MR) is 115 cm³/mol. The van der Waals surface area contributed by atoms with Crippen LogP contribution in [0.4, 0.5) is 0 Å². The summed E-state index contributed by atoms with van der Waals surface area (Å²) in [7, 11) is 3.09. The summed E-state index contributed by atoms with van der Waals surface area (Å²) in [6.45, 7) is 3.56. The van der Waals surface area contributed by atoms with E-state index in [0.717, 1.165) is 42.7 Å².